The van der Waals surface area contributed by atoms with E-state index in [4.69, 9.17) is 11.6 Å². The average molecular weight is 289 g/mol. The quantitative estimate of drug-likeness (QED) is 0.788. The first-order valence-corrected chi connectivity index (χ1v) is 6.86. The van der Waals surface area contributed by atoms with Crippen LogP contribution in [-0.2, 0) is 6.42 Å². The number of benzene rings is 1. The minimum Gasteiger partial charge on any atom is -0.373 e. The minimum atomic E-state index is 0.0258. The fourth-order valence-electron chi connectivity index (χ4n) is 2.00. The van der Waals surface area contributed by atoms with Crippen LogP contribution < -0.4 is 4.90 Å². The summed E-state index contributed by atoms with van der Waals surface area (Å²) in [5.74, 6) is 0.0258. The van der Waals surface area contributed by atoms with Crippen LogP contribution in [0.4, 0.5) is 5.69 Å². The van der Waals surface area contributed by atoms with Crippen molar-refractivity contribution in [1.82, 2.24) is 4.98 Å². The van der Waals surface area contributed by atoms with Gasteiger partial charge in [-0.15, -0.1) is 0 Å². The van der Waals surface area contributed by atoms with Gasteiger partial charge in [0.25, 0.3) is 0 Å². The molecule has 1 aromatic carbocycles. The molecule has 0 aliphatic heterocycles. The number of anilines is 1. The fourth-order valence-corrected chi connectivity index (χ4v) is 2.33. The number of likely N-dealkylation sites (N-methyl/N-ethyl adjacent to an activating group) is 1. The highest BCUT2D eigenvalue weighted by Crippen LogP contribution is 2.26. The van der Waals surface area contributed by atoms with Crippen LogP contribution in [0.15, 0.2) is 42.7 Å². The molecule has 0 unspecified atom stereocenters. The third-order valence-electron chi connectivity index (χ3n) is 3.25. The van der Waals surface area contributed by atoms with Crippen molar-refractivity contribution in [3.8, 4) is 0 Å². The summed E-state index contributed by atoms with van der Waals surface area (Å²) >= 11 is 6.25. The number of nitrogens with zero attached hydrogens (tertiary/aromatic N) is 2. The summed E-state index contributed by atoms with van der Waals surface area (Å²) in [5.41, 5.74) is 2.82. The maximum atomic E-state index is 11.3. The van der Waals surface area contributed by atoms with Gasteiger partial charge in [-0.25, -0.2) is 0 Å². The number of ketones is 1. The molecule has 0 bridgehead atoms. The number of carbonyl (C=O) groups excluding carboxylic acids is 1. The van der Waals surface area contributed by atoms with Crippen LogP contribution in [0.25, 0.3) is 0 Å². The van der Waals surface area contributed by atoms with Crippen molar-refractivity contribution in [3.05, 3.63) is 58.9 Å². The van der Waals surface area contributed by atoms with E-state index in [0.29, 0.717) is 10.6 Å². The molecule has 0 saturated heterocycles. The highest BCUT2D eigenvalue weighted by molar-refractivity contribution is 6.33. The molecule has 4 heteroatoms. The van der Waals surface area contributed by atoms with Crippen molar-refractivity contribution in [3.63, 3.8) is 0 Å². The zero-order valence-electron chi connectivity index (χ0n) is 11.6. The largest absolute Gasteiger partial charge is 0.373 e. The summed E-state index contributed by atoms with van der Waals surface area (Å²) in [6.45, 7) is 2.39. The standard InChI is InChI=1S/C16H17ClN2O/c1-12(20)14-3-4-16(15(17)11-14)19(2)10-7-13-5-8-18-9-6-13/h3-6,8-9,11H,7,10H2,1-2H3. The Balaban J connectivity index is 2.06. The van der Waals surface area contributed by atoms with Crippen LogP contribution >= 0.6 is 11.6 Å². The number of hydrogen-bond donors (Lipinski definition) is 0. The van der Waals surface area contributed by atoms with Crippen molar-refractivity contribution >= 4 is 23.1 Å². The third kappa shape index (κ3) is 3.58. The summed E-state index contributed by atoms with van der Waals surface area (Å²) in [6, 6.07) is 9.45. The van der Waals surface area contributed by atoms with E-state index in [1.165, 1.54) is 5.56 Å². The van der Waals surface area contributed by atoms with Crippen molar-refractivity contribution < 1.29 is 4.79 Å². The first-order chi connectivity index (χ1) is 9.58. The molecule has 0 fully saturated rings. The molecular formula is C16H17ClN2O. The Hall–Kier alpha value is -1.87. The maximum Gasteiger partial charge on any atom is 0.159 e. The van der Waals surface area contributed by atoms with E-state index in [0.717, 1.165) is 18.7 Å². The number of carbonyl (C=O) groups is 1. The van der Waals surface area contributed by atoms with E-state index in [1.54, 1.807) is 25.4 Å². The monoisotopic (exact) mass is 288 g/mol. The second kappa shape index (κ2) is 6.53. The van der Waals surface area contributed by atoms with Crippen molar-refractivity contribution in [1.29, 1.82) is 0 Å². The summed E-state index contributed by atoms with van der Waals surface area (Å²) in [7, 11) is 2.00. The molecule has 1 aromatic heterocycles. The number of halogens is 1. The van der Waals surface area contributed by atoms with E-state index in [1.807, 2.05) is 31.3 Å². The van der Waals surface area contributed by atoms with Gasteiger partial charge in [-0.1, -0.05) is 11.6 Å². The Morgan fingerprint density at radius 2 is 1.95 bits per heavy atom. The molecule has 0 amide bonds. The van der Waals surface area contributed by atoms with E-state index in [9.17, 15) is 4.79 Å². The van der Waals surface area contributed by atoms with Gasteiger partial charge in [0.1, 0.15) is 0 Å². The SMILES string of the molecule is CC(=O)c1ccc(N(C)CCc2ccncc2)c(Cl)c1. The third-order valence-corrected chi connectivity index (χ3v) is 3.55. The number of Topliss-reactive ketones (excluding diaryl/α,β-unsaturated/α-hetero) is 1. The lowest BCUT2D eigenvalue weighted by Gasteiger charge is -2.21. The summed E-state index contributed by atoms with van der Waals surface area (Å²) < 4.78 is 0. The van der Waals surface area contributed by atoms with Gasteiger partial charge < -0.3 is 4.90 Å². The molecular weight excluding hydrogens is 272 g/mol. The highest BCUT2D eigenvalue weighted by Gasteiger charge is 2.09. The maximum absolute atomic E-state index is 11.3. The minimum absolute atomic E-state index is 0.0258. The van der Waals surface area contributed by atoms with Crippen LogP contribution in [0, 0.1) is 0 Å². The lowest BCUT2D eigenvalue weighted by molar-refractivity contribution is 0.101. The molecule has 2 rings (SSSR count). The number of hydrogen-bond acceptors (Lipinski definition) is 3. The van der Waals surface area contributed by atoms with E-state index < -0.39 is 0 Å². The summed E-state index contributed by atoms with van der Waals surface area (Å²) in [4.78, 5) is 17.4. The Morgan fingerprint density at radius 3 is 2.55 bits per heavy atom. The molecule has 20 heavy (non-hydrogen) atoms. The normalized spacial score (nSPS) is 10.3. The van der Waals surface area contributed by atoms with Crippen molar-refractivity contribution in [2.75, 3.05) is 18.5 Å². The Bertz CT molecular complexity index is 599. The zero-order chi connectivity index (χ0) is 14.5. The first kappa shape index (κ1) is 14.5. The predicted octanol–water partition coefficient (Wildman–Crippen LogP) is 3.62. The van der Waals surface area contributed by atoms with E-state index in [2.05, 4.69) is 9.88 Å². The van der Waals surface area contributed by atoms with Gasteiger partial charge in [0.15, 0.2) is 5.78 Å². The fraction of sp³-hybridized carbons (Fsp3) is 0.250. The van der Waals surface area contributed by atoms with Gasteiger partial charge in [0.05, 0.1) is 10.7 Å². The second-order valence-corrected chi connectivity index (χ2v) is 5.16. The topological polar surface area (TPSA) is 33.2 Å². The van der Waals surface area contributed by atoms with Crippen LogP contribution in [0.5, 0.6) is 0 Å². The number of pyridine rings is 1. The molecule has 3 nitrogen and oxygen atoms in total. The lowest BCUT2D eigenvalue weighted by atomic mass is 10.1. The zero-order valence-corrected chi connectivity index (χ0v) is 12.4. The average Bonchev–Trinajstić information content (AvgIpc) is 2.45. The molecule has 0 saturated carbocycles. The van der Waals surface area contributed by atoms with Crippen molar-refractivity contribution in [2.24, 2.45) is 0 Å². The Morgan fingerprint density at radius 1 is 1.25 bits per heavy atom. The van der Waals surface area contributed by atoms with Crippen molar-refractivity contribution in [2.45, 2.75) is 13.3 Å². The smallest absolute Gasteiger partial charge is 0.159 e. The van der Waals surface area contributed by atoms with Gasteiger partial charge in [-0.2, -0.15) is 0 Å². The molecule has 0 radical (unpaired) electrons. The van der Waals surface area contributed by atoms with Gasteiger partial charge in [0, 0.05) is 31.5 Å². The number of aromatic nitrogens is 1. The molecule has 0 spiro atoms. The highest BCUT2D eigenvalue weighted by atomic mass is 35.5. The van der Waals surface area contributed by atoms with Gasteiger partial charge in [-0.05, 0) is 49.2 Å². The summed E-state index contributed by atoms with van der Waals surface area (Å²) in [6.07, 6.45) is 4.51. The van der Waals surface area contributed by atoms with Crippen LogP contribution in [0.3, 0.4) is 0 Å². The first-order valence-electron chi connectivity index (χ1n) is 6.48. The summed E-state index contributed by atoms with van der Waals surface area (Å²) in [5, 5.41) is 0.606. The van der Waals surface area contributed by atoms with Gasteiger partial charge >= 0.3 is 0 Å². The van der Waals surface area contributed by atoms with E-state index >= 15 is 0 Å². The van der Waals surface area contributed by atoms with E-state index in [-0.39, 0.29) is 5.78 Å². The Labute approximate surface area is 124 Å². The Kier molecular flexibility index (Phi) is 4.74. The molecule has 0 atom stereocenters. The van der Waals surface area contributed by atoms with Crippen LogP contribution in [-0.4, -0.2) is 24.4 Å². The molecule has 1 heterocycles. The molecule has 104 valence electrons. The molecule has 0 aliphatic rings. The van der Waals surface area contributed by atoms with Crippen LogP contribution in [0.2, 0.25) is 5.02 Å². The molecule has 0 N–H and O–H groups in total. The lowest BCUT2D eigenvalue weighted by Crippen LogP contribution is -2.20. The molecule has 2 aromatic rings. The van der Waals surface area contributed by atoms with Gasteiger partial charge in [-0.3, -0.25) is 9.78 Å². The van der Waals surface area contributed by atoms with Crippen LogP contribution in [0.1, 0.15) is 22.8 Å². The van der Waals surface area contributed by atoms with Gasteiger partial charge in [0.2, 0.25) is 0 Å². The number of rotatable bonds is 5. The second-order valence-electron chi connectivity index (χ2n) is 4.75. The predicted molar refractivity (Wildman–Crippen MR) is 82.7 cm³/mol. The molecule has 0 aliphatic carbocycles.